The molecular formula is C15H26N2O4. The summed E-state index contributed by atoms with van der Waals surface area (Å²) in [5.74, 6) is 0.203. The second-order valence-electron chi connectivity index (χ2n) is 7.18. The summed E-state index contributed by atoms with van der Waals surface area (Å²) in [5.41, 5.74) is -1.28. The number of aliphatic hydroxyl groups is 1. The fraction of sp³-hybridized carbons (Fsp3) is 0.867. The minimum atomic E-state index is -0.695. The van der Waals surface area contributed by atoms with Gasteiger partial charge in [0.15, 0.2) is 0 Å². The first-order valence-corrected chi connectivity index (χ1v) is 7.65. The third-order valence-electron chi connectivity index (χ3n) is 3.98. The van der Waals surface area contributed by atoms with E-state index in [9.17, 15) is 14.7 Å². The summed E-state index contributed by atoms with van der Waals surface area (Å²) in [5, 5.41) is 12.9. The first kappa shape index (κ1) is 16.1. The van der Waals surface area contributed by atoms with E-state index in [4.69, 9.17) is 4.74 Å². The van der Waals surface area contributed by atoms with Crippen LogP contribution in [0.3, 0.4) is 0 Å². The zero-order chi connectivity index (χ0) is 15.8. The Balaban J connectivity index is 1.83. The molecule has 2 rings (SSSR count). The number of likely N-dealkylation sites (tertiary alicyclic amines) is 1. The lowest BCUT2D eigenvalue weighted by Crippen LogP contribution is -2.67. The Labute approximate surface area is 125 Å². The van der Waals surface area contributed by atoms with Crippen molar-refractivity contribution in [3.05, 3.63) is 0 Å². The van der Waals surface area contributed by atoms with Crippen LogP contribution in [0.5, 0.6) is 0 Å². The molecule has 1 aliphatic carbocycles. The van der Waals surface area contributed by atoms with Crippen molar-refractivity contribution in [1.29, 1.82) is 0 Å². The molecule has 0 aromatic heterocycles. The van der Waals surface area contributed by atoms with Crippen molar-refractivity contribution in [2.75, 3.05) is 13.1 Å². The van der Waals surface area contributed by atoms with Crippen LogP contribution in [0.1, 0.15) is 47.0 Å². The zero-order valence-corrected chi connectivity index (χ0v) is 13.3. The van der Waals surface area contributed by atoms with Gasteiger partial charge in [-0.05, 0) is 46.0 Å². The summed E-state index contributed by atoms with van der Waals surface area (Å²) < 4.78 is 5.17. The molecule has 1 saturated carbocycles. The lowest BCUT2D eigenvalue weighted by Gasteiger charge is -2.48. The predicted octanol–water partition coefficient (Wildman–Crippen LogP) is 1.27. The molecule has 1 saturated heterocycles. The molecule has 1 aliphatic heterocycles. The lowest BCUT2D eigenvalue weighted by molar-refractivity contribution is -0.161. The topological polar surface area (TPSA) is 78.9 Å². The molecule has 0 aromatic carbocycles. The quantitative estimate of drug-likeness (QED) is 0.819. The number of alkyl carbamates (subject to hydrolysis) is 1. The summed E-state index contributed by atoms with van der Waals surface area (Å²) in [4.78, 5) is 25.7. The number of amides is 2. The van der Waals surface area contributed by atoms with Crippen LogP contribution >= 0.6 is 0 Å². The molecule has 0 unspecified atom stereocenters. The first-order valence-electron chi connectivity index (χ1n) is 7.65. The van der Waals surface area contributed by atoms with E-state index in [1.54, 1.807) is 25.7 Å². The molecule has 6 heteroatoms. The Kier molecular flexibility index (Phi) is 4.19. The number of rotatable bonds is 4. The SMILES string of the molecule is CC[C@H](NC(=O)OC(C)(C)C)C(=O)N1CC(O)(C2CC2)C1. The van der Waals surface area contributed by atoms with Crippen LogP contribution in [0.4, 0.5) is 4.79 Å². The highest BCUT2D eigenvalue weighted by Crippen LogP contribution is 2.44. The number of ether oxygens (including phenoxy) is 1. The monoisotopic (exact) mass is 298 g/mol. The van der Waals surface area contributed by atoms with Gasteiger partial charge in [0.25, 0.3) is 0 Å². The summed E-state index contributed by atoms with van der Waals surface area (Å²) in [6, 6.07) is -0.594. The first-order chi connectivity index (χ1) is 9.64. The summed E-state index contributed by atoms with van der Waals surface area (Å²) in [7, 11) is 0. The molecular weight excluding hydrogens is 272 g/mol. The fourth-order valence-electron chi connectivity index (χ4n) is 2.66. The molecule has 6 nitrogen and oxygen atoms in total. The third kappa shape index (κ3) is 3.87. The summed E-state index contributed by atoms with van der Waals surface area (Å²) in [6.07, 6.45) is 2.01. The van der Waals surface area contributed by atoms with Gasteiger partial charge in [0.05, 0.1) is 13.1 Å². The molecule has 1 atom stereocenters. The molecule has 2 amide bonds. The maximum absolute atomic E-state index is 12.3. The van der Waals surface area contributed by atoms with E-state index in [0.717, 1.165) is 12.8 Å². The van der Waals surface area contributed by atoms with E-state index in [1.165, 1.54) is 0 Å². The van der Waals surface area contributed by atoms with E-state index in [2.05, 4.69) is 5.32 Å². The van der Waals surface area contributed by atoms with Gasteiger partial charge in [0.2, 0.25) is 5.91 Å². The van der Waals surface area contributed by atoms with Crippen LogP contribution in [0.15, 0.2) is 0 Å². The molecule has 120 valence electrons. The zero-order valence-electron chi connectivity index (χ0n) is 13.3. The lowest BCUT2D eigenvalue weighted by atomic mass is 9.88. The van der Waals surface area contributed by atoms with Crippen LogP contribution < -0.4 is 5.32 Å². The van der Waals surface area contributed by atoms with Gasteiger partial charge >= 0.3 is 6.09 Å². The molecule has 2 N–H and O–H groups in total. The van der Waals surface area contributed by atoms with Gasteiger partial charge in [0.1, 0.15) is 17.2 Å². The average molecular weight is 298 g/mol. The third-order valence-corrected chi connectivity index (χ3v) is 3.98. The van der Waals surface area contributed by atoms with Crippen molar-refractivity contribution >= 4 is 12.0 Å². The van der Waals surface area contributed by atoms with Gasteiger partial charge in [-0.2, -0.15) is 0 Å². The van der Waals surface area contributed by atoms with Crippen molar-refractivity contribution < 1.29 is 19.4 Å². The van der Waals surface area contributed by atoms with Crippen LogP contribution in [0.25, 0.3) is 0 Å². The average Bonchev–Trinajstić information content (AvgIpc) is 3.13. The van der Waals surface area contributed by atoms with Gasteiger partial charge in [0, 0.05) is 0 Å². The number of carbonyl (C=O) groups excluding carboxylic acids is 2. The van der Waals surface area contributed by atoms with E-state index in [-0.39, 0.29) is 5.91 Å². The number of carbonyl (C=O) groups is 2. The van der Waals surface area contributed by atoms with Gasteiger partial charge < -0.3 is 20.1 Å². The van der Waals surface area contributed by atoms with Crippen LogP contribution in [-0.4, -0.2) is 52.3 Å². The Morgan fingerprint density at radius 3 is 2.38 bits per heavy atom. The maximum Gasteiger partial charge on any atom is 0.408 e. The van der Waals surface area contributed by atoms with Crippen LogP contribution in [0, 0.1) is 5.92 Å². The van der Waals surface area contributed by atoms with Crippen molar-refractivity contribution in [3.63, 3.8) is 0 Å². The van der Waals surface area contributed by atoms with E-state index in [1.807, 2.05) is 6.92 Å². The van der Waals surface area contributed by atoms with E-state index in [0.29, 0.717) is 25.4 Å². The Morgan fingerprint density at radius 1 is 1.38 bits per heavy atom. The van der Waals surface area contributed by atoms with E-state index >= 15 is 0 Å². The highest BCUT2D eigenvalue weighted by Gasteiger charge is 2.53. The molecule has 2 fully saturated rings. The minimum Gasteiger partial charge on any atom is -0.444 e. The molecule has 1 heterocycles. The van der Waals surface area contributed by atoms with Gasteiger partial charge in [-0.25, -0.2) is 4.79 Å². The minimum absolute atomic E-state index is 0.145. The largest absolute Gasteiger partial charge is 0.444 e. The molecule has 21 heavy (non-hydrogen) atoms. The highest BCUT2D eigenvalue weighted by atomic mass is 16.6. The van der Waals surface area contributed by atoms with Gasteiger partial charge in [-0.1, -0.05) is 6.92 Å². The fourth-order valence-corrected chi connectivity index (χ4v) is 2.66. The maximum atomic E-state index is 12.3. The predicted molar refractivity (Wildman–Crippen MR) is 77.7 cm³/mol. The van der Waals surface area contributed by atoms with Crippen LogP contribution in [-0.2, 0) is 9.53 Å². The number of hydrogen-bond acceptors (Lipinski definition) is 4. The number of hydrogen-bond donors (Lipinski definition) is 2. The number of nitrogens with zero attached hydrogens (tertiary/aromatic N) is 1. The summed E-state index contributed by atoms with van der Waals surface area (Å²) in [6.45, 7) is 7.93. The van der Waals surface area contributed by atoms with E-state index < -0.39 is 23.3 Å². The van der Waals surface area contributed by atoms with Crippen molar-refractivity contribution in [1.82, 2.24) is 10.2 Å². The Morgan fingerprint density at radius 2 is 1.95 bits per heavy atom. The number of nitrogens with one attached hydrogen (secondary N) is 1. The van der Waals surface area contributed by atoms with Crippen molar-refractivity contribution in [2.24, 2.45) is 5.92 Å². The van der Waals surface area contributed by atoms with Crippen molar-refractivity contribution in [3.8, 4) is 0 Å². The van der Waals surface area contributed by atoms with Crippen molar-refractivity contribution in [2.45, 2.75) is 64.2 Å². The molecule has 0 bridgehead atoms. The Bertz CT molecular complexity index is 420. The van der Waals surface area contributed by atoms with Gasteiger partial charge in [-0.15, -0.1) is 0 Å². The van der Waals surface area contributed by atoms with Gasteiger partial charge in [-0.3, -0.25) is 4.79 Å². The molecule has 0 spiro atoms. The second-order valence-corrected chi connectivity index (χ2v) is 7.18. The standard InChI is InChI=1S/C15H26N2O4/c1-5-11(16-13(19)21-14(2,3)4)12(18)17-8-15(20,9-17)10-6-7-10/h10-11,20H,5-9H2,1-4H3,(H,16,19)/t11-/m0/s1. The smallest absolute Gasteiger partial charge is 0.408 e. The summed E-state index contributed by atoms with van der Waals surface area (Å²) >= 11 is 0. The highest BCUT2D eigenvalue weighted by molar-refractivity contribution is 5.86. The molecule has 0 aromatic rings. The Hall–Kier alpha value is -1.30. The van der Waals surface area contributed by atoms with Crippen LogP contribution in [0.2, 0.25) is 0 Å². The normalized spacial score (nSPS) is 22.2. The molecule has 0 radical (unpaired) electrons. The molecule has 2 aliphatic rings. The number of β-amino-alcohol motifs (C(OH)–C–C–N with tert-alkyl or cyclic N) is 1. The second kappa shape index (κ2) is 5.48.